The monoisotopic (exact) mass is 472 g/mol. The molecule has 5 rings (SSSR count). The van der Waals surface area contributed by atoms with Crippen LogP contribution in [0.15, 0.2) is 58.2 Å². The summed E-state index contributed by atoms with van der Waals surface area (Å²) in [6.45, 7) is 6.58. The molecule has 4 heterocycles. The third-order valence-electron chi connectivity index (χ3n) is 6.26. The maximum absolute atomic E-state index is 12.7. The topological polar surface area (TPSA) is 106 Å². The molecule has 0 saturated carbocycles. The van der Waals surface area contributed by atoms with E-state index in [0.29, 0.717) is 29.1 Å². The van der Waals surface area contributed by atoms with Crippen molar-refractivity contribution in [2.75, 3.05) is 29.4 Å². The van der Waals surface area contributed by atoms with Gasteiger partial charge in [0, 0.05) is 62.7 Å². The Bertz CT molecular complexity index is 1350. The number of piperazine rings is 1. The Morgan fingerprint density at radius 2 is 1.91 bits per heavy atom. The lowest BCUT2D eigenvalue weighted by Gasteiger charge is -2.42. The molecule has 0 bridgehead atoms. The van der Waals surface area contributed by atoms with Crippen LogP contribution < -0.4 is 15.4 Å². The number of rotatable bonds is 6. The van der Waals surface area contributed by atoms with Crippen molar-refractivity contribution in [3.05, 3.63) is 65.2 Å². The van der Waals surface area contributed by atoms with E-state index in [1.54, 1.807) is 23.9 Å². The van der Waals surface area contributed by atoms with Crippen LogP contribution in [0.3, 0.4) is 0 Å². The minimum absolute atomic E-state index is 0.114. The Balaban J connectivity index is 1.32. The van der Waals surface area contributed by atoms with Crippen molar-refractivity contribution in [3.63, 3.8) is 0 Å². The summed E-state index contributed by atoms with van der Waals surface area (Å²) in [5, 5.41) is 4.10. The van der Waals surface area contributed by atoms with Crippen LogP contribution in [0.4, 0.5) is 11.6 Å². The lowest BCUT2D eigenvalue weighted by Crippen LogP contribution is -2.53. The van der Waals surface area contributed by atoms with Gasteiger partial charge in [-0.15, -0.1) is 0 Å². The molecule has 0 amide bonds. The van der Waals surface area contributed by atoms with Crippen LogP contribution >= 0.6 is 0 Å². The number of benzene rings is 1. The van der Waals surface area contributed by atoms with Gasteiger partial charge in [0.15, 0.2) is 0 Å². The molecule has 10 nitrogen and oxygen atoms in total. The zero-order chi connectivity index (χ0) is 24.4. The first-order valence-corrected chi connectivity index (χ1v) is 11.8. The van der Waals surface area contributed by atoms with Gasteiger partial charge >= 0.3 is 0 Å². The van der Waals surface area contributed by atoms with Crippen LogP contribution in [0.25, 0.3) is 22.8 Å². The van der Waals surface area contributed by atoms with Crippen molar-refractivity contribution in [3.8, 4) is 22.8 Å². The first-order valence-electron chi connectivity index (χ1n) is 11.8. The van der Waals surface area contributed by atoms with E-state index in [-0.39, 0.29) is 11.6 Å². The molecule has 1 aliphatic rings. The first kappa shape index (κ1) is 22.7. The molecule has 1 aromatic carbocycles. The molecule has 10 heteroatoms. The number of nitrogens with zero attached hydrogens (tertiary/aromatic N) is 8. The molecule has 0 aliphatic carbocycles. The molecular formula is C25H28N8O2. The minimum Gasteiger partial charge on any atom is -0.368 e. The molecule has 0 unspecified atom stereocenters. The Morgan fingerprint density at radius 1 is 1.09 bits per heavy atom. The molecule has 0 radical (unpaired) electrons. The van der Waals surface area contributed by atoms with Crippen molar-refractivity contribution in [1.82, 2.24) is 29.7 Å². The summed E-state index contributed by atoms with van der Waals surface area (Å²) < 4.78 is 6.91. The summed E-state index contributed by atoms with van der Waals surface area (Å²) in [5.41, 5.74) is 3.15. The smallest absolute Gasteiger partial charge is 0.255 e. The fourth-order valence-corrected chi connectivity index (χ4v) is 4.36. The molecule has 1 fully saturated rings. The Kier molecular flexibility index (Phi) is 6.26. The average Bonchev–Trinajstić information content (AvgIpc) is 3.35. The molecule has 1 atom stereocenters. The highest BCUT2D eigenvalue weighted by Crippen LogP contribution is 2.26. The summed E-state index contributed by atoms with van der Waals surface area (Å²) in [7, 11) is 1.76. The second kappa shape index (κ2) is 9.65. The van der Waals surface area contributed by atoms with Gasteiger partial charge in [-0.1, -0.05) is 12.1 Å². The van der Waals surface area contributed by atoms with Crippen molar-refractivity contribution < 1.29 is 4.52 Å². The number of hydrogen-bond donors (Lipinski definition) is 0. The summed E-state index contributed by atoms with van der Waals surface area (Å²) in [5.74, 6) is 1.94. The second-order valence-corrected chi connectivity index (χ2v) is 8.73. The van der Waals surface area contributed by atoms with E-state index >= 15 is 0 Å². The van der Waals surface area contributed by atoms with Crippen LogP contribution in [-0.4, -0.2) is 55.3 Å². The number of hydrogen-bond acceptors (Lipinski definition) is 9. The fraction of sp³-hybridized carbons (Fsp3) is 0.360. The van der Waals surface area contributed by atoms with E-state index < -0.39 is 0 Å². The highest BCUT2D eigenvalue weighted by Gasteiger charge is 2.27. The van der Waals surface area contributed by atoms with Gasteiger partial charge < -0.3 is 14.3 Å². The number of anilines is 2. The fourth-order valence-electron chi connectivity index (χ4n) is 4.36. The third kappa shape index (κ3) is 4.64. The van der Waals surface area contributed by atoms with E-state index in [4.69, 9.17) is 9.51 Å². The van der Waals surface area contributed by atoms with E-state index in [9.17, 15) is 4.79 Å². The largest absolute Gasteiger partial charge is 0.368 e. The van der Waals surface area contributed by atoms with Gasteiger partial charge in [-0.25, -0.2) is 15.0 Å². The van der Waals surface area contributed by atoms with Crippen molar-refractivity contribution in [1.29, 1.82) is 0 Å². The van der Waals surface area contributed by atoms with Crippen molar-refractivity contribution >= 4 is 11.6 Å². The molecule has 3 aromatic heterocycles. The van der Waals surface area contributed by atoms with Gasteiger partial charge in [-0.3, -0.25) is 9.36 Å². The van der Waals surface area contributed by atoms with Crippen LogP contribution in [0.5, 0.6) is 0 Å². The first-order chi connectivity index (χ1) is 17.0. The highest BCUT2D eigenvalue weighted by atomic mass is 16.5. The SMILES string of the molecule is CCCc1nc(-c2ccc(N3CCN(c4nc(-c5ccncn5)cc(=O)n4C)[C@H](C)C3)cc2)no1. The Labute approximate surface area is 203 Å². The molecule has 0 spiro atoms. The van der Waals surface area contributed by atoms with Gasteiger partial charge in [0.05, 0.1) is 11.4 Å². The minimum atomic E-state index is -0.114. The Morgan fingerprint density at radius 3 is 2.63 bits per heavy atom. The normalized spacial score (nSPS) is 16.0. The summed E-state index contributed by atoms with van der Waals surface area (Å²) in [4.78, 5) is 34.7. The van der Waals surface area contributed by atoms with E-state index in [2.05, 4.69) is 55.9 Å². The van der Waals surface area contributed by atoms with Crippen molar-refractivity contribution in [2.45, 2.75) is 32.7 Å². The average molecular weight is 473 g/mol. The molecule has 1 aliphatic heterocycles. The zero-order valence-corrected chi connectivity index (χ0v) is 20.1. The zero-order valence-electron chi connectivity index (χ0n) is 20.1. The Hall–Kier alpha value is -4.08. The quantitative estimate of drug-likeness (QED) is 0.419. The third-order valence-corrected chi connectivity index (χ3v) is 6.26. The van der Waals surface area contributed by atoms with Crippen LogP contribution in [0, 0.1) is 0 Å². The molecule has 0 N–H and O–H groups in total. The predicted octanol–water partition coefficient (Wildman–Crippen LogP) is 2.95. The van der Waals surface area contributed by atoms with Gasteiger partial charge in [-0.05, 0) is 43.7 Å². The predicted molar refractivity (Wildman–Crippen MR) is 133 cm³/mol. The van der Waals surface area contributed by atoms with Crippen molar-refractivity contribution in [2.24, 2.45) is 7.05 Å². The van der Waals surface area contributed by atoms with Gasteiger partial charge in [0.1, 0.15) is 6.33 Å². The van der Waals surface area contributed by atoms with Crippen LogP contribution in [0.1, 0.15) is 26.2 Å². The maximum atomic E-state index is 12.7. The lowest BCUT2D eigenvalue weighted by atomic mass is 10.1. The van der Waals surface area contributed by atoms with E-state index in [1.807, 2.05) is 12.1 Å². The molecular weight excluding hydrogens is 444 g/mol. The molecule has 180 valence electrons. The summed E-state index contributed by atoms with van der Waals surface area (Å²) >= 11 is 0. The maximum Gasteiger partial charge on any atom is 0.255 e. The lowest BCUT2D eigenvalue weighted by molar-refractivity contribution is 0.378. The highest BCUT2D eigenvalue weighted by molar-refractivity contribution is 5.61. The van der Waals surface area contributed by atoms with Gasteiger partial charge in [0.25, 0.3) is 5.56 Å². The molecule has 4 aromatic rings. The van der Waals surface area contributed by atoms with E-state index in [0.717, 1.165) is 43.7 Å². The van der Waals surface area contributed by atoms with Gasteiger partial charge in [0.2, 0.25) is 17.7 Å². The molecule has 1 saturated heterocycles. The van der Waals surface area contributed by atoms with E-state index in [1.165, 1.54) is 12.4 Å². The van der Waals surface area contributed by atoms with Crippen LogP contribution in [0.2, 0.25) is 0 Å². The standard InChI is InChI=1S/C25H28N8O2/c1-4-5-22-29-24(30-35-22)18-6-8-19(9-7-18)32-12-13-33(17(2)15-32)25-28-21(14-23(34)31(25)3)20-10-11-26-16-27-20/h6-11,14,16-17H,4-5,12-13,15H2,1-3H3/t17-/m1/s1. The molecule has 35 heavy (non-hydrogen) atoms. The summed E-state index contributed by atoms with van der Waals surface area (Å²) in [6.07, 6.45) is 4.87. The van der Waals surface area contributed by atoms with Crippen LogP contribution in [-0.2, 0) is 13.5 Å². The number of aromatic nitrogens is 6. The van der Waals surface area contributed by atoms with Gasteiger partial charge in [-0.2, -0.15) is 4.98 Å². The number of aryl methyl sites for hydroxylation is 1. The second-order valence-electron chi connectivity index (χ2n) is 8.73. The summed E-state index contributed by atoms with van der Waals surface area (Å²) in [6, 6.07) is 11.7.